The summed E-state index contributed by atoms with van der Waals surface area (Å²) in [6.45, 7) is 0. The number of carbonyl (C=O) groups is 2. The molecule has 1 aliphatic carbocycles. The molecule has 1 saturated carbocycles. The van der Waals surface area contributed by atoms with Crippen LogP contribution in [0.2, 0.25) is 0 Å². The highest BCUT2D eigenvalue weighted by atomic mass is 32.2. The Morgan fingerprint density at radius 3 is 2.59 bits per heavy atom. The summed E-state index contributed by atoms with van der Waals surface area (Å²) < 4.78 is 2.24. The number of urea groups is 1. The molecule has 1 atom stereocenters. The minimum Gasteiger partial charge on any atom is -0.341 e. The van der Waals surface area contributed by atoms with Gasteiger partial charge in [-0.15, -0.1) is 21.5 Å². The maximum atomic E-state index is 13.0. The molecule has 0 saturated heterocycles. The monoisotopic (exact) mass is 469 g/mol. The second-order valence-electron chi connectivity index (χ2n) is 7.79. The Balaban J connectivity index is 1.67. The number of hydrogen-bond donors (Lipinski definition) is 2. The molecule has 2 N–H and O–H groups in total. The maximum absolute atomic E-state index is 13.0. The van der Waals surface area contributed by atoms with E-state index in [4.69, 9.17) is 0 Å². The van der Waals surface area contributed by atoms with Gasteiger partial charge in [0.05, 0.1) is 0 Å². The number of aromatic nitrogens is 3. The SMILES string of the molecule is CNC(=O)NC(=O)[C@H](Sc1nnc(Cc2cccs2)n1C1CCCCC1)c1ccccc1. The summed E-state index contributed by atoms with van der Waals surface area (Å²) in [5, 5.41) is 16.1. The first-order chi connectivity index (χ1) is 15.7. The van der Waals surface area contributed by atoms with Crippen molar-refractivity contribution in [1.29, 1.82) is 0 Å². The van der Waals surface area contributed by atoms with E-state index in [0.717, 1.165) is 35.8 Å². The van der Waals surface area contributed by atoms with Crippen LogP contribution in [0.4, 0.5) is 4.79 Å². The third kappa shape index (κ3) is 5.39. The van der Waals surface area contributed by atoms with Gasteiger partial charge in [0.1, 0.15) is 11.1 Å². The highest BCUT2D eigenvalue weighted by Gasteiger charge is 2.29. The molecule has 0 bridgehead atoms. The Bertz CT molecular complexity index is 1030. The maximum Gasteiger partial charge on any atom is 0.321 e. The smallest absolute Gasteiger partial charge is 0.321 e. The Kier molecular flexibility index (Phi) is 7.59. The fraction of sp³-hybridized carbons (Fsp3) is 0.391. The molecule has 0 spiro atoms. The molecule has 7 nitrogen and oxygen atoms in total. The third-order valence-electron chi connectivity index (χ3n) is 5.61. The highest BCUT2D eigenvalue weighted by Crippen LogP contribution is 2.39. The van der Waals surface area contributed by atoms with Crippen LogP contribution in [-0.2, 0) is 11.2 Å². The molecule has 9 heteroatoms. The summed E-state index contributed by atoms with van der Waals surface area (Å²) in [5.74, 6) is 0.555. The number of carbonyl (C=O) groups excluding carboxylic acids is 2. The van der Waals surface area contributed by atoms with Crippen molar-refractivity contribution in [2.45, 2.75) is 55.0 Å². The van der Waals surface area contributed by atoms with Crippen LogP contribution in [-0.4, -0.2) is 33.8 Å². The highest BCUT2D eigenvalue weighted by molar-refractivity contribution is 8.00. The lowest BCUT2D eigenvalue weighted by Gasteiger charge is -2.26. The molecule has 3 amide bonds. The summed E-state index contributed by atoms with van der Waals surface area (Å²) >= 11 is 3.07. The molecule has 32 heavy (non-hydrogen) atoms. The summed E-state index contributed by atoms with van der Waals surface area (Å²) in [5.41, 5.74) is 0.817. The lowest BCUT2D eigenvalue weighted by molar-refractivity contribution is -0.119. The molecule has 2 heterocycles. The average Bonchev–Trinajstić information content (AvgIpc) is 3.48. The molecule has 0 radical (unpaired) electrons. The van der Waals surface area contributed by atoms with E-state index in [1.807, 2.05) is 36.4 Å². The van der Waals surface area contributed by atoms with E-state index >= 15 is 0 Å². The van der Waals surface area contributed by atoms with E-state index in [9.17, 15) is 9.59 Å². The van der Waals surface area contributed by atoms with Crippen molar-refractivity contribution in [3.05, 3.63) is 64.1 Å². The van der Waals surface area contributed by atoms with Gasteiger partial charge in [-0.1, -0.05) is 67.4 Å². The quantitative estimate of drug-likeness (QED) is 0.489. The zero-order valence-corrected chi connectivity index (χ0v) is 19.6. The molecular weight excluding hydrogens is 442 g/mol. The normalized spacial score (nSPS) is 15.3. The molecule has 168 valence electrons. The predicted molar refractivity (Wildman–Crippen MR) is 127 cm³/mol. The largest absolute Gasteiger partial charge is 0.341 e. The number of nitrogens with one attached hydrogen (secondary N) is 2. The first kappa shape index (κ1) is 22.5. The third-order valence-corrected chi connectivity index (χ3v) is 7.70. The fourth-order valence-corrected chi connectivity index (χ4v) is 5.86. The van der Waals surface area contributed by atoms with Crippen LogP contribution >= 0.6 is 23.1 Å². The first-order valence-corrected chi connectivity index (χ1v) is 12.6. The lowest BCUT2D eigenvalue weighted by atomic mass is 9.95. The van der Waals surface area contributed by atoms with Crippen molar-refractivity contribution >= 4 is 35.0 Å². The fourth-order valence-electron chi connectivity index (χ4n) is 4.03. The summed E-state index contributed by atoms with van der Waals surface area (Å²) in [7, 11) is 1.49. The van der Waals surface area contributed by atoms with Crippen molar-refractivity contribution in [2.75, 3.05) is 7.05 Å². The van der Waals surface area contributed by atoms with E-state index in [2.05, 4.69) is 36.8 Å². The number of amides is 3. The minimum absolute atomic E-state index is 0.328. The Morgan fingerprint density at radius 1 is 1.12 bits per heavy atom. The summed E-state index contributed by atoms with van der Waals surface area (Å²) in [4.78, 5) is 26.1. The molecule has 4 rings (SSSR count). The molecular formula is C23H27N5O2S2. The zero-order chi connectivity index (χ0) is 22.3. The van der Waals surface area contributed by atoms with E-state index in [1.54, 1.807) is 11.3 Å². The van der Waals surface area contributed by atoms with Crippen molar-refractivity contribution in [3.8, 4) is 0 Å². The van der Waals surface area contributed by atoms with Gasteiger partial charge in [0.15, 0.2) is 5.16 Å². The van der Waals surface area contributed by atoms with Gasteiger partial charge in [0.2, 0.25) is 5.91 Å². The van der Waals surface area contributed by atoms with Gasteiger partial charge in [-0.05, 0) is 29.9 Å². The second-order valence-corrected chi connectivity index (χ2v) is 9.90. The predicted octanol–water partition coefficient (Wildman–Crippen LogP) is 4.72. The van der Waals surface area contributed by atoms with Crippen molar-refractivity contribution < 1.29 is 9.59 Å². The lowest BCUT2D eigenvalue weighted by Crippen LogP contribution is -2.39. The van der Waals surface area contributed by atoms with E-state index in [0.29, 0.717) is 6.04 Å². The van der Waals surface area contributed by atoms with Gasteiger partial charge in [0.25, 0.3) is 0 Å². The van der Waals surface area contributed by atoms with Crippen LogP contribution in [0.5, 0.6) is 0 Å². The Hall–Kier alpha value is -2.65. The van der Waals surface area contributed by atoms with E-state index in [1.165, 1.54) is 42.9 Å². The number of thiophene rings is 1. The number of benzene rings is 1. The van der Waals surface area contributed by atoms with E-state index < -0.39 is 11.3 Å². The second kappa shape index (κ2) is 10.8. The summed E-state index contributed by atoms with van der Waals surface area (Å²) in [6, 6.07) is 13.5. The van der Waals surface area contributed by atoms with Gasteiger partial charge >= 0.3 is 6.03 Å². The number of rotatable bonds is 7. The van der Waals surface area contributed by atoms with Crippen LogP contribution in [0.1, 0.15) is 59.7 Å². The van der Waals surface area contributed by atoms with Crippen LogP contribution in [0.3, 0.4) is 0 Å². The van der Waals surface area contributed by atoms with Gasteiger partial charge in [-0.25, -0.2) is 4.79 Å². The van der Waals surface area contributed by atoms with Crippen molar-refractivity contribution in [2.24, 2.45) is 0 Å². The molecule has 0 aliphatic heterocycles. The minimum atomic E-state index is -0.616. The van der Waals surface area contributed by atoms with Crippen LogP contribution in [0.25, 0.3) is 0 Å². The first-order valence-electron chi connectivity index (χ1n) is 10.9. The van der Waals surface area contributed by atoms with Gasteiger partial charge in [0, 0.05) is 24.4 Å². The molecule has 2 aromatic heterocycles. The Morgan fingerprint density at radius 2 is 1.91 bits per heavy atom. The number of thioether (sulfide) groups is 1. The zero-order valence-electron chi connectivity index (χ0n) is 18.0. The average molecular weight is 470 g/mol. The number of imide groups is 1. The van der Waals surface area contributed by atoms with Crippen LogP contribution in [0.15, 0.2) is 53.0 Å². The molecule has 3 aromatic rings. The van der Waals surface area contributed by atoms with Crippen molar-refractivity contribution in [1.82, 2.24) is 25.4 Å². The van der Waals surface area contributed by atoms with Gasteiger partial charge in [-0.3, -0.25) is 10.1 Å². The van der Waals surface area contributed by atoms with Crippen LogP contribution in [0, 0.1) is 0 Å². The molecule has 1 fully saturated rings. The molecule has 1 aliphatic rings. The van der Waals surface area contributed by atoms with Crippen LogP contribution < -0.4 is 10.6 Å². The topological polar surface area (TPSA) is 88.9 Å². The standard InChI is InChI=1S/C23H27N5O2S2/c1-24-22(30)25-21(29)20(16-9-4-2-5-10-16)32-23-27-26-19(15-18-13-8-14-31-18)28(23)17-11-6-3-7-12-17/h2,4-5,8-10,13-14,17,20H,3,6-7,11-12,15H2,1H3,(H2,24,25,29,30)/t20-/m1/s1. The number of nitrogens with zero attached hydrogens (tertiary/aromatic N) is 3. The number of hydrogen-bond acceptors (Lipinski definition) is 6. The molecule has 1 aromatic carbocycles. The van der Waals surface area contributed by atoms with Gasteiger partial charge < -0.3 is 9.88 Å². The summed E-state index contributed by atoms with van der Waals surface area (Å²) in [6.07, 6.45) is 6.52. The van der Waals surface area contributed by atoms with Crippen molar-refractivity contribution in [3.63, 3.8) is 0 Å². The van der Waals surface area contributed by atoms with Gasteiger partial charge in [-0.2, -0.15) is 0 Å². The van der Waals surface area contributed by atoms with E-state index in [-0.39, 0.29) is 5.91 Å². The molecule has 0 unspecified atom stereocenters. The Labute approximate surface area is 196 Å².